The van der Waals surface area contributed by atoms with Gasteiger partial charge < -0.3 is 5.32 Å². The lowest BCUT2D eigenvalue weighted by Gasteiger charge is -2.32. The SMILES string of the molecule is C[C@H]([C@H]1C[C@@H]2CC[C@@H]1C2)N1C(=O)C(=O)N(CC(=O)Nc2ccc(Cl)cc2)C1=O. The Balaban J connectivity index is 1.43. The van der Waals surface area contributed by atoms with Gasteiger partial charge >= 0.3 is 17.8 Å². The highest BCUT2D eigenvalue weighted by Gasteiger charge is 2.52. The number of carbonyl (C=O) groups excluding carboxylic acids is 4. The molecule has 0 radical (unpaired) electrons. The second-order valence-electron chi connectivity index (χ2n) is 7.98. The van der Waals surface area contributed by atoms with Crippen molar-refractivity contribution in [2.75, 3.05) is 11.9 Å². The second kappa shape index (κ2) is 7.20. The number of urea groups is 1. The number of nitrogens with one attached hydrogen (secondary N) is 1. The summed E-state index contributed by atoms with van der Waals surface area (Å²) in [5, 5.41) is 3.13. The number of nitrogens with zero attached hydrogens (tertiary/aromatic N) is 2. The molecule has 8 heteroatoms. The van der Waals surface area contributed by atoms with Crippen molar-refractivity contribution in [1.82, 2.24) is 9.80 Å². The maximum Gasteiger partial charge on any atom is 0.334 e. The Labute approximate surface area is 168 Å². The van der Waals surface area contributed by atoms with Gasteiger partial charge in [0.25, 0.3) is 0 Å². The molecule has 3 fully saturated rings. The van der Waals surface area contributed by atoms with Crippen LogP contribution in [0.5, 0.6) is 0 Å². The van der Waals surface area contributed by atoms with E-state index in [0.29, 0.717) is 22.5 Å². The van der Waals surface area contributed by atoms with Crippen LogP contribution in [0.3, 0.4) is 0 Å². The first-order valence-corrected chi connectivity index (χ1v) is 9.97. The van der Waals surface area contributed by atoms with Crippen LogP contribution in [0, 0.1) is 17.8 Å². The van der Waals surface area contributed by atoms with Gasteiger partial charge in [-0.3, -0.25) is 19.3 Å². The lowest BCUT2D eigenvalue weighted by molar-refractivity contribution is -0.144. The van der Waals surface area contributed by atoms with Gasteiger partial charge in [-0.15, -0.1) is 0 Å². The zero-order valence-electron chi connectivity index (χ0n) is 15.6. The molecule has 2 aliphatic carbocycles. The van der Waals surface area contributed by atoms with E-state index in [9.17, 15) is 19.2 Å². The van der Waals surface area contributed by atoms with E-state index in [1.54, 1.807) is 24.3 Å². The topological polar surface area (TPSA) is 86.8 Å². The number of halogens is 1. The van der Waals surface area contributed by atoms with E-state index in [4.69, 9.17) is 11.6 Å². The van der Waals surface area contributed by atoms with Gasteiger partial charge in [-0.05, 0) is 68.2 Å². The standard InChI is InChI=1S/C20H22ClN3O4/c1-11(16-9-12-2-3-13(16)8-12)24-19(27)18(26)23(20(24)28)10-17(25)22-15-6-4-14(21)5-7-15/h4-7,11-13,16H,2-3,8-10H2,1H3,(H,22,25)/t11-,12-,13-,16-/m1/s1. The largest absolute Gasteiger partial charge is 0.334 e. The van der Waals surface area contributed by atoms with Gasteiger partial charge in [-0.2, -0.15) is 0 Å². The minimum Gasteiger partial charge on any atom is -0.325 e. The first kappa shape index (κ1) is 18.9. The van der Waals surface area contributed by atoms with Crippen molar-refractivity contribution in [3.8, 4) is 0 Å². The van der Waals surface area contributed by atoms with Crippen LogP contribution < -0.4 is 5.32 Å². The first-order chi connectivity index (χ1) is 13.3. The Morgan fingerprint density at radius 3 is 2.46 bits per heavy atom. The quantitative estimate of drug-likeness (QED) is 0.605. The molecule has 3 aliphatic rings. The third-order valence-electron chi connectivity index (χ3n) is 6.33. The van der Waals surface area contributed by atoms with Gasteiger partial charge in [-0.25, -0.2) is 9.69 Å². The van der Waals surface area contributed by atoms with Crippen LogP contribution in [0.15, 0.2) is 24.3 Å². The molecule has 5 amide bonds. The molecule has 7 nitrogen and oxygen atoms in total. The van der Waals surface area contributed by atoms with E-state index in [0.717, 1.165) is 29.1 Å². The summed E-state index contributed by atoms with van der Waals surface area (Å²) in [6.07, 6.45) is 4.48. The molecule has 1 aromatic carbocycles. The number of hydrogen-bond donors (Lipinski definition) is 1. The maximum absolute atomic E-state index is 12.8. The molecule has 4 atom stereocenters. The van der Waals surface area contributed by atoms with E-state index in [2.05, 4.69) is 5.32 Å². The average molecular weight is 404 g/mol. The fraction of sp³-hybridized carbons (Fsp3) is 0.500. The Kier molecular flexibility index (Phi) is 4.87. The van der Waals surface area contributed by atoms with Crippen LogP contribution in [-0.2, 0) is 14.4 Å². The predicted octanol–water partition coefficient (Wildman–Crippen LogP) is 2.89. The summed E-state index contributed by atoms with van der Waals surface area (Å²) in [6.45, 7) is 1.34. The summed E-state index contributed by atoms with van der Waals surface area (Å²) in [4.78, 5) is 51.7. The van der Waals surface area contributed by atoms with E-state index >= 15 is 0 Å². The number of fused-ring (bicyclic) bond motifs is 2. The van der Waals surface area contributed by atoms with Crippen molar-refractivity contribution < 1.29 is 19.2 Å². The van der Waals surface area contributed by atoms with Crippen LogP contribution in [0.1, 0.15) is 32.6 Å². The molecule has 1 N–H and O–H groups in total. The summed E-state index contributed by atoms with van der Waals surface area (Å²) in [6, 6.07) is 5.43. The van der Waals surface area contributed by atoms with Crippen LogP contribution >= 0.6 is 11.6 Å². The molecular weight excluding hydrogens is 382 g/mol. The van der Waals surface area contributed by atoms with Gasteiger partial charge in [0, 0.05) is 16.8 Å². The van der Waals surface area contributed by atoms with E-state index in [-0.39, 0.29) is 12.0 Å². The molecule has 1 aromatic rings. The van der Waals surface area contributed by atoms with Crippen molar-refractivity contribution in [1.29, 1.82) is 0 Å². The number of benzene rings is 1. The van der Waals surface area contributed by atoms with Crippen molar-refractivity contribution in [2.24, 2.45) is 17.8 Å². The number of carbonyl (C=O) groups is 4. The molecule has 0 aromatic heterocycles. The van der Waals surface area contributed by atoms with Crippen LogP contribution in [0.2, 0.25) is 5.02 Å². The van der Waals surface area contributed by atoms with Gasteiger partial charge in [0.05, 0.1) is 0 Å². The molecule has 4 rings (SSSR count). The minimum absolute atomic E-state index is 0.238. The molecule has 1 heterocycles. The molecule has 0 unspecified atom stereocenters. The highest BCUT2D eigenvalue weighted by Crippen LogP contribution is 2.50. The van der Waals surface area contributed by atoms with Crippen molar-refractivity contribution in [3.63, 3.8) is 0 Å². The molecule has 28 heavy (non-hydrogen) atoms. The molecular formula is C20H22ClN3O4. The van der Waals surface area contributed by atoms with E-state index < -0.39 is 30.3 Å². The van der Waals surface area contributed by atoms with Crippen molar-refractivity contribution in [2.45, 2.75) is 38.6 Å². The third kappa shape index (κ3) is 3.28. The van der Waals surface area contributed by atoms with E-state index in [1.165, 1.54) is 6.42 Å². The van der Waals surface area contributed by atoms with Crippen molar-refractivity contribution in [3.05, 3.63) is 29.3 Å². The summed E-state index contributed by atoms with van der Waals surface area (Å²) in [7, 11) is 0. The Hall–Kier alpha value is -2.41. The highest BCUT2D eigenvalue weighted by molar-refractivity contribution is 6.45. The lowest BCUT2D eigenvalue weighted by Crippen LogP contribution is -2.45. The summed E-state index contributed by atoms with van der Waals surface area (Å²) in [5.74, 6) is -0.903. The Morgan fingerprint density at radius 1 is 1.14 bits per heavy atom. The average Bonchev–Trinajstić information content (AvgIpc) is 3.35. The molecule has 2 saturated carbocycles. The molecule has 2 bridgehead atoms. The van der Waals surface area contributed by atoms with Crippen LogP contribution in [-0.4, -0.2) is 46.1 Å². The number of imide groups is 2. The third-order valence-corrected chi connectivity index (χ3v) is 6.59. The number of rotatable bonds is 5. The second-order valence-corrected chi connectivity index (χ2v) is 8.42. The summed E-state index contributed by atoms with van der Waals surface area (Å²) < 4.78 is 0. The number of amides is 5. The van der Waals surface area contributed by atoms with Gasteiger partial charge in [0.2, 0.25) is 5.91 Å². The van der Waals surface area contributed by atoms with Crippen molar-refractivity contribution >= 4 is 41.0 Å². The zero-order chi connectivity index (χ0) is 20.0. The summed E-state index contributed by atoms with van der Waals surface area (Å²) >= 11 is 5.81. The maximum atomic E-state index is 12.8. The monoisotopic (exact) mass is 403 g/mol. The fourth-order valence-corrected chi connectivity index (χ4v) is 5.10. The number of hydrogen-bond acceptors (Lipinski definition) is 4. The smallest absolute Gasteiger partial charge is 0.325 e. The van der Waals surface area contributed by atoms with Crippen LogP contribution in [0.25, 0.3) is 0 Å². The first-order valence-electron chi connectivity index (χ1n) is 9.59. The van der Waals surface area contributed by atoms with E-state index in [1.807, 2.05) is 6.92 Å². The zero-order valence-corrected chi connectivity index (χ0v) is 16.3. The lowest BCUT2D eigenvalue weighted by atomic mass is 9.83. The predicted molar refractivity (Wildman–Crippen MR) is 102 cm³/mol. The van der Waals surface area contributed by atoms with Gasteiger partial charge in [0.15, 0.2) is 0 Å². The molecule has 148 valence electrons. The Bertz CT molecular complexity index is 840. The van der Waals surface area contributed by atoms with Gasteiger partial charge in [0.1, 0.15) is 6.54 Å². The molecule has 1 aliphatic heterocycles. The fourth-order valence-electron chi connectivity index (χ4n) is 4.97. The normalized spacial score (nSPS) is 27.6. The Morgan fingerprint density at radius 2 is 1.86 bits per heavy atom. The van der Waals surface area contributed by atoms with Crippen LogP contribution in [0.4, 0.5) is 10.5 Å². The highest BCUT2D eigenvalue weighted by atomic mass is 35.5. The summed E-state index contributed by atoms with van der Waals surface area (Å²) in [5.41, 5.74) is 0.493. The van der Waals surface area contributed by atoms with Gasteiger partial charge in [-0.1, -0.05) is 18.0 Å². The number of anilines is 1. The molecule has 1 saturated heterocycles. The minimum atomic E-state index is -0.939. The molecule has 0 spiro atoms.